The van der Waals surface area contributed by atoms with Crippen molar-refractivity contribution in [3.63, 3.8) is 0 Å². The fraction of sp³-hybridized carbons (Fsp3) is 0.286. The average molecular weight is 445 g/mol. The summed E-state index contributed by atoms with van der Waals surface area (Å²) >= 11 is 1.58. The summed E-state index contributed by atoms with van der Waals surface area (Å²) in [5.41, 5.74) is 3.26. The standard InChI is InChI=1S/C21H24N4O3S2/c1-16-6-3-4-7-19(16)25(30(2,27)28)14-20(26)23-11-5-8-21-24-18(15-29-21)17-9-12-22-13-10-17/h3-4,6-7,9-10,12-13,15H,5,8,11,14H2,1-2H3,(H,23,26). The number of nitrogens with zero attached hydrogens (tertiary/aromatic N) is 3. The summed E-state index contributed by atoms with van der Waals surface area (Å²) in [6, 6.07) is 10.9. The van der Waals surface area contributed by atoms with E-state index in [9.17, 15) is 13.2 Å². The molecule has 1 N–H and O–H groups in total. The van der Waals surface area contributed by atoms with Crippen molar-refractivity contribution in [2.75, 3.05) is 23.7 Å². The highest BCUT2D eigenvalue weighted by molar-refractivity contribution is 7.92. The van der Waals surface area contributed by atoms with Crippen LogP contribution >= 0.6 is 11.3 Å². The zero-order chi connectivity index (χ0) is 21.6. The van der Waals surface area contributed by atoms with Crippen LogP contribution in [-0.4, -0.2) is 43.6 Å². The number of sulfonamides is 1. The Morgan fingerprint density at radius 2 is 1.90 bits per heavy atom. The van der Waals surface area contributed by atoms with Crippen molar-refractivity contribution in [3.05, 3.63) is 64.7 Å². The topological polar surface area (TPSA) is 92.3 Å². The van der Waals surface area contributed by atoms with Gasteiger partial charge in [-0.3, -0.25) is 14.1 Å². The fourth-order valence-electron chi connectivity index (χ4n) is 2.96. The van der Waals surface area contributed by atoms with Gasteiger partial charge in [-0.1, -0.05) is 18.2 Å². The van der Waals surface area contributed by atoms with E-state index in [0.29, 0.717) is 12.2 Å². The van der Waals surface area contributed by atoms with Crippen LogP contribution in [-0.2, 0) is 21.2 Å². The van der Waals surface area contributed by atoms with Crippen LogP contribution in [0.3, 0.4) is 0 Å². The quantitative estimate of drug-likeness (QED) is 0.512. The molecule has 0 unspecified atom stereocenters. The molecule has 0 aliphatic heterocycles. The lowest BCUT2D eigenvalue weighted by Gasteiger charge is -2.23. The Kier molecular flexibility index (Phi) is 7.17. The first-order chi connectivity index (χ1) is 14.3. The number of carbonyl (C=O) groups excluding carboxylic acids is 1. The summed E-state index contributed by atoms with van der Waals surface area (Å²) in [7, 11) is -3.57. The number of para-hydroxylation sites is 1. The van der Waals surface area contributed by atoms with Crippen LogP contribution in [0.2, 0.25) is 0 Å². The van der Waals surface area contributed by atoms with E-state index in [1.807, 2.05) is 36.6 Å². The van der Waals surface area contributed by atoms with Crippen LogP contribution in [0.25, 0.3) is 11.3 Å². The first-order valence-corrected chi connectivity index (χ1v) is 12.2. The molecule has 3 aromatic rings. The number of aromatic nitrogens is 2. The van der Waals surface area contributed by atoms with Crippen molar-refractivity contribution in [2.24, 2.45) is 0 Å². The average Bonchev–Trinajstić information content (AvgIpc) is 3.19. The minimum absolute atomic E-state index is 0.243. The molecule has 0 bridgehead atoms. The molecule has 0 radical (unpaired) electrons. The van der Waals surface area contributed by atoms with Crippen molar-refractivity contribution in [1.82, 2.24) is 15.3 Å². The SMILES string of the molecule is Cc1ccccc1N(CC(=O)NCCCc1nc(-c2ccncc2)cs1)S(C)(=O)=O. The highest BCUT2D eigenvalue weighted by atomic mass is 32.2. The van der Waals surface area contributed by atoms with Gasteiger partial charge in [0.2, 0.25) is 15.9 Å². The number of anilines is 1. The number of hydrogen-bond acceptors (Lipinski definition) is 6. The molecule has 158 valence electrons. The Bertz CT molecular complexity index is 1100. The molecule has 2 aromatic heterocycles. The molecule has 0 saturated carbocycles. The minimum Gasteiger partial charge on any atom is -0.355 e. The van der Waals surface area contributed by atoms with Gasteiger partial charge in [0.05, 0.1) is 22.6 Å². The van der Waals surface area contributed by atoms with Gasteiger partial charge in [0, 0.05) is 36.3 Å². The number of aryl methyl sites for hydroxylation is 2. The van der Waals surface area contributed by atoms with Gasteiger partial charge < -0.3 is 5.32 Å². The normalized spacial score (nSPS) is 11.3. The lowest BCUT2D eigenvalue weighted by molar-refractivity contribution is -0.119. The Morgan fingerprint density at radius 1 is 1.17 bits per heavy atom. The van der Waals surface area contributed by atoms with E-state index in [-0.39, 0.29) is 12.5 Å². The number of pyridine rings is 1. The van der Waals surface area contributed by atoms with Gasteiger partial charge >= 0.3 is 0 Å². The second kappa shape index (κ2) is 9.82. The van der Waals surface area contributed by atoms with E-state index in [2.05, 4.69) is 15.3 Å². The van der Waals surface area contributed by atoms with Crippen molar-refractivity contribution < 1.29 is 13.2 Å². The third kappa shape index (κ3) is 5.87. The minimum atomic E-state index is -3.57. The van der Waals surface area contributed by atoms with Gasteiger partial charge in [-0.2, -0.15) is 0 Å². The number of thiazole rings is 1. The van der Waals surface area contributed by atoms with Crippen molar-refractivity contribution in [2.45, 2.75) is 19.8 Å². The molecule has 0 spiro atoms. The third-order valence-electron chi connectivity index (χ3n) is 4.49. The molecular formula is C21H24N4O3S2. The Balaban J connectivity index is 1.51. The molecule has 2 heterocycles. The highest BCUT2D eigenvalue weighted by Gasteiger charge is 2.21. The lowest BCUT2D eigenvalue weighted by atomic mass is 10.2. The van der Waals surface area contributed by atoms with E-state index < -0.39 is 10.0 Å². The number of nitrogens with one attached hydrogen (secondary N) is 1. The van der Waals surface area contributed by atoms with Gasteiger partial charge in [0.25, 0.3) is 0 Å². The van der Waals surface area contributed by atoms with Crippen LogP contribution in [0.1, 0.15) is 17.0 Å². The monoisotopic (exact) mass is 444 g/mol. The number of carbonyl (C=O) groups is 1. The Hall–Kier alpha value is -2.78. The molecule has 0 saturated heterocycles. The molecule has 7 nitrogen and oxygen atoms in total. The highest BCUT2D eigenvalue weighted by Crippen LogP contribution is 2.22. The maximum absolute atomic E-state index is 12.3. The zero-order valence-corrected chi connectivity index (χ0v) is 18.5. The number of rotatable bonds is 9. The van der Waals surface area contributed by atoms with Gasteiger partial charge in [0.1, 0.15) is 6.54 Å². The maximum atomic E-state index is 12.3. The first-order valence-electron chi connectivity index (χ1n) is 9.49. The summed E-state index contributed by atoms with van der Waals surface area (Å²) < 4.78 is 25.5. The maximum Gasteiger partial charge on any atom is 0.240 e. The van der Waals surface area contributed by atoms with E-state index in [1.54, 1.807) is 35.9 Å². The van der Waals surface area contributed by atoms with Gasteiger partial charge in [-0.15, -0.1) is 11.3 Å². The summed E-state index contributed by atoms with van der Waals surface area (Å²) in [5.74, 6) is -0.333. The third-order valence-corrected chi connectivity index (χ3v) is 6.52. The van der Waals surface area contributed by atoms with Crippen molar-refractivity contribution in [3.8, 4) is 11.3 Å². The zero-order valence-electron chi connectivity index (χ0n) is 16.9. The van der Waals surface area contributed by atoms with Gasteiger partial charge in [-0.05, 0) is 37.1 Å². The van der Waals surface area contributed by atoms with Crippen LogP contribution in [0, 0.1) is 6.92 Å². The largest absolute Gasteiger partial charge is 0.355 e. The van der Waals surface area contributed by atoms with E-state index >= 15 is 0 Å². The Morgan fingerprint density at radius 3 is 2.60 bits per heavy atom. The molecule has 3 rings (SSSR count). The fourth-order valence-corrected chi connectivity index (χ4v) is 4.72. The molecular weight excluding hydrogens is 420 g/mol. The summed E-state index contributed by atoms with van der Waals surface area (Å²) in [5, 5.41) is 5.81. The lowest BCUT2D eigenvalue weighted by Crippen LogP contribution is -2.41. The number of amides is 1. The van der Waals surface area contributed by atoms with Crippen LogP contribution in [0.5, 0.6) is 0 Å². The van der Waals surface area contributed by atoms with Crippen molar-refractivity contribution >= 4 is 33.0 Å². The number of hydrogen-bond donors (Lipinski definition) is 1. The smallest absolute Gasteiger partial charge is 0.240 e. The predicted octanol–water partition coefficient (Wildman–Crippen LogP) is 3.03. The van der Waals surface area contributed by atoms with Crippen LogP contribution in [0.15, 0.2) is 54.2 Å². The predicted molar refractivity (Wildman–Crippen MR) is 120 cm³/mol. The molecule has 1 amide bonds. The summed E-state index contributed by atoms with van der Waals surface area (Å²) in [6.45, 7) is 2.03. The summed E-state index contributed by atoms with van der Waals surface area (Å²) in [4.78, 5) is 21.0. The van der Waals surface area contributed by atoms with Gasteiger partial charge in [-0.25, -0.2) is 13.4 Å². The van der Waals surface area contributed by atoms with E-state index in [1.165, 1.54) is 0 Å². The van der Waals surface area contributed by atoms with E-state index in [0.717, 1.165) is 45.2 Å². The second-order valence-corrected chi connectivity index (χ2v) is 9.72. The van der Waals surface area contributed by atoms with Crippen LogP contribution < -0.4 is 9.62 Å². The van der Waals surface area contributed by atoms with Gasteiger partial charge in [0.15, 0.2) is 0 Å². The van der Waals surface area contributed by atoms with Crippen molar-refractivity contribution in [1.29, 1.82) is 0 Å². The molecule has 9 heteroatoms. The number of benzene rings is 1. The Labute approximate surface area is 180 Å². The molecule has 0 atom stereocenters. The van der Waals surface area contributed by atoms with Crippen LogP contribution in [0.4, 0.5) is 5.69 Å². The molecule has 0 fully saturated rings. The molecule has 1 aromatic carbocycles. The summed E-state index contributed by atoms with van der Waals surface area (Å²) in [6.07, 6.45) is 6.04. The molecule has 0 aliphatic rings. The molecule has 30 heavy (non-hydrogen) atoms. The first kappa shape index (κ1) is 21.9. The molecule has 0 aliphatic carbocycles. The van der Waals surface area contributed by atoms with E-state index in [4.69, 9.17) is 0 Å². The second-order valence-electron chi connectivity index (χ2n) is 6.87.